The molecule has 2 heterocycles. The number of benzene rings is 1. The molecule has 0 amide bonds. The maximum absolute atomic E-state index is 11.1. The monoisotopic (exact) mass is 358 g/mol. The quantitative estimate of drug-likeness (QED) is 0.500. The van der Waals surface area contributed by atoms with Crippen LogP contribution in [0.2, 0.25) is 0 Å². The molecule has 0 aliphatic rings. The molecule has 0 fully saturated rings. The van der Waals surface area contributed by atoms with Gasteiger partial charge in [0.15, 0.2) is 0 Å². The van der Waals surface area contributed by atoms with E-state index in [0.29, 0.717) is 17.0 Å². The van der Waals surface area contributed by atoms with Crippen LogP contribution in [-0.4, -0.2) is 29.8 Å². The fourth-order valence-electron chi connectivity index (χ4n) is 2.65. The fourth-order valence-corrected chi connectivity index (χ4v) is 2.65. The van der Waals surface area contributed by atoms with Crippen molar-refractivity contribution in [1.82, 2.24) is 19.9 Å². The van der Waals surface area contributed by atoms with E-state index in [0.717, 1.165) is 0 Å². The van der Waals surface area contributed by atoms with Crippen LogP contribution in [0.3, 0.4) is 0 Å². The van der Waals surface area contributed by atoms with Crippen LogP contribution in [0.15, 0.2) is 28.8 Å². The van der Waals surface area contributed by atoms with Crippen LogP contribution in [-0.2, 0) is 0 Å². The standard InChI is InChI=1S/C15H14N6O5/c1-8-13(21(24)25)9(2)19(17-8)10(3)15-16-14(18-26-15)11-4-6-12(7-5-11)20(22)23/h4-7,10H,1-3H3. The van der Waals surface area contributed by atoms with Crippen LogP contribution in [0.1, 0.15) is 30.2 Å². The number of nitrogens with zero attached hydrogens (tertiary/aromatic N) is 6. The molecule has 11 nitrogen and oxygen atoms in total. The molecule has 134 valence electrons. The second kappa shape index (κ2) is 6.35. The van der Waals surface area contributed by atoms with Gasteiger partial charge in [-0.25, -0.2) is 0 Å². The van der Waals surface area contributed by atoms with Crippen LogP contribution in [0, 0.1) is 34.1 Å². The molecule has 3 aromatic rings. The Bertz CT molecular complexity index is 991. The molecule has 1 aromatic carbocycles. The minimum atomic E-state index is -0.512. The summed E-state index contributed by atoms with van der Waals surface area (Å²) in [5.74, 6) is 0.483. The average Bonchev–Trinajstić information content (AvgIpc) is 3.19. The topological polar surface area (TPSA) is 143 Å². The van der Waals surface area contributed by atoms with Gasteiger partial charge in [0.25, 0.3) is 11.6 Å². The van der Waals surface area contributed by atoms with Gasteiger partial charge in [-0.3, -0.25) is 24.9 Å². The first kappa shape index (κ1) is 17.2. The Kier molecular flexibility index (Phi) is 4.20. The van der Waals surface area contributed by atoms with Crippen LogP contribution in [0.4, 0.5) is 11.4 Å². The van der Waals surface area contributed by atoms with Gasteiger partial charge in [-0.2, -0.15) is 10.1 Å². The number of rotatable bonds is 5. The molecule has 2 aromatic heterocycles. The summed E-state index contributed by atoms with van der Waals surface area (Å²) in [6.45, 7) is 4.89. The Balaban J connectivity index is 1.91. The summed E-state index contributed by atoms with van der Waals surface area (Å²) in [6.07, 6.45) is 0. The number of aromatic nitrogens is 4. The summed E-state index contributed by atoms with van der Waals surface area (Å²) in [7, 11) is 0. The van der Waals surface area contributed by atoms with E-state index >= 15 is 0 Å². The van der Waals surface area contributed by atoms with Gasteiger partial charge in [0.05, 0.1) is 9.85 Å². The predicted octanol–water partition coefficient (Wildman–Crippen LogP) is 2.98. The highest BCUT2D eigenvalue weighted by Gasteiger charge is 2.27. The largest absolute Gasteiger partial charge is 0.337 e. The van der Waals surface area contributed by atoms with Crippen molar-refractivity contribution in [2.75, 3.05) is 0 Å². The Hall–Kier alpha value is -3.63. The van der Waals surface area contributed by atoms with Crippen molar-refractivity contribution < 1.29 is 14.4 Å². The average molecular weight is 358 g/mol. The molecule has 0 saturated carbocycles. The minimum Gasteiger partial charge on any atom is -0.337 e. The molecule has 0 N–H and O–H groups in total. The molecule has 0 spiro atoms. The maximum atomic E-state index is 11.1. The summed E-state index contributed by atoms with van der Waals surface area (Å²) in [5, 5.41) is 29.9. The van der Waals surface area contributed by atoms with Crippen molar-refractivity contribution in [2.24, 2.45) is 0 Å². The number of nitro groups is 2. The van der Waals surface area contributed by atoms with Gasteiger partial charge in [0.1, 0.15) is 17.4 Å². The van der Waals surface area contributed by atoms with E-state index < -0.39 is 15.9 Å². The number of hydrogen-bond donors (Lipinski definition) is 0. The molecule has 11 heteroatoms. The van der Waals surface area contributed by atoms with Gasteiger partial charge >= 0.3 is 5.69 Å². The first-order valence-electron chi connectivity index (χ1n) is 7.58. The Morgan fingerprint density at radius 2 is 1.77 bits per heavy atom. The number of nitro benzene ring substituents is 1. The molecule has 0 aliphatic heterocycles. The fraction of sp³-hybridized carbons (Fsp3) is 0.267. The lowest BCUT2D eigenvalue weighted by molar-refractivity contribution is -0.386. The zero-order valence-corrected chi connectivity index (χ0v) is 14.1. The Labute approximate surface area is 146 Å². The summed E-state index contributed by atoms with van der Waals surface area (Å²) in [6, 6.07) is 5.22. The van der Waals surface area contributed by atoms with Crippen molar-refractivity contribution in [3.05, 3.63) is 61.8 Å². The van der Waals surface area contributed by atoms with Gasteiger partial charge in [0.2, 0.25) is 5.82 Å². The zero-order valence-electron chi connectivity index (χ0n) is 14.1. The van der Waals surface area contributed by atoms with Crippen LogP contribution < -0.4 is 0 Å². The molecule has 3 rings (SSSR count). The van der Waals surface area contributed by atoms with Crippen molar-refractivity contribution in [1.29, 1.82) is 0 Å². The zero-order chi connectivity index (χ0) is 19.0. The SMILES string of the molecule is Cc1nn(C(C)c2nc(-c3ccc([N+](=O)[O-])cc3)no2)c(C)c1[N+](=O)[O-]. The number of aryl methyl sites for hydroxylation is 1. The molecule has 0 saturated heterocycles. The third kappa shape index (κ3) is 2.90. The third-order valence-electron chi connectivity index (χ3n) is 3.97. The summed E-state index contributed by atoms with van der Waals surface area (Å²) < 4.78 is 6.71. The first-order valence-corrected chi connectivity index (χ1v) is 7.58. The second-order valence-electron chi connectivity index (χ2n) is 5.66. The van der Waals surface area contributed by atoms with Gasteiger partial charge in [-0.1, -0.05) is 5.16 Å². The van der Waals surface area contributed by atoms with E-state index in [-0.39, 0.29) is 23.1 Å². The smallest absolute Gasteiger partial charge is 0.312 e. The number of hydrogen-bond acceptors (Lipinski definition) is 8. The van der Waals surface area contributed by atoms with E-state index in [2.05, 4.69) is 15.2 Å². The molecular weight excluding hydrogens is 344 g/mol. The van der Waals surface area contributed by atoms with E-state index in [4.69, 9.17) is 4.52 Å². The van der Waals surface area contributed by atoms with Crippen LogP contribution in [0.25, 0.3) is 11.4 Å². The van der Waals surface area contributed by atoms with E-state index in [1.165, 1.54) is 28.9 Å². The predicted molar refractivity (Wildman–Crippen MR) is 88.6 cm³/mol. The molecule has 0 aliphatic carbocycles. The molecule has 26 heavy (non-hydrogen) atoms. The highest BCUT2D eigenvalue weighted by Crippen LogP contribution is 2.28. The van der Waals surface area contributed by atoms with E-state index in [1.807, 2.05) is 0 Å². The summed E-state index contributed by atoms with van der Waals surface area (Å²) in [4.78, 5) is 25.1. The van der Waals surface area contributed by atoms with Gasteiger partial charge in [0, 0.05) is 17.7 Å². The molecule has 1 atom stereocenters. The lowest BCUT2D eigenvalue weighted by atomic mass is 10.2. The molecule has 0 bridgehead atoms. The van der Waals surface area contributed by atoms with Crippen molar-refractivity contribution in [2.45, 2.75) is 26.8 Å². The maximum Gasteiger partial charge on any atom is 0.312 e. The summed E-state index contributed by atoms with van der Waals surface area (Å²) >= 11 is 0. The highest BCUT2D eigenvalue weighted by atomic mass is 16.6. The van der Waals surface area contributed by atoms with Crippen LogP contribution in [0.5, 0.6) is 0 Å². The normalized spacial score (nSPS) is 12.1. The van der Waals surface area contributed by atoms with E-state index in [1.54, 1.807) is 20.8 Å². The molecule has 0 radical (unpaired) electrons. The van der Waals surface area contributed by atoms with Crippen molar-refractivity contribution in [3.8, 4) is 11.4 Å². The van der Waals surface area contributed by atoms with Crippen LogP contribution >= 0.6 is 0 Å². The lowest BCUT2D eigenvalue weighted by Crippen LogP contribution is -2.11. The van der Waals surface area contributed by atoms with Gasteiger partial charge < -0.3 is 4.52 Å². The third-order valence-corrected chi connectivity index (χ3v) is 3.97. The van der Waals surface area contributed by atoms with E-state index in [9.17, 15) is 20.2 Å². The highest BCUT2D eigenvalue weighted by molar-refractivity contribution is 5.56. The lowest BCUT2D eigenvalue weighted by Gasteiger charge is -2.08. The first-order chi connectivity index (χ1) is 12.3. The number of non-ortho nitro benzene ring substituents is 1. The van der Waals surface area contributed by atoms with Gasteiger partial charge in [-0.05, 0) is 32.9 Å². The van der Waals surface area contributed by atoms with Crippen molar-refractivity contribution >= 4 is 11.4 Å². The second-order valence-corrected chi connectivity index (χ2v) is 5.66. The molecular formula is C15H14N6O5. The minimum absolute atomic E-state index is 0.0409. The summed E-state index contributed by atoms with van der Waals surface area (Å²) in [5.41, 5.74) is 1.15. The van der Waals surface area contributed by atoms with Gasteiger partial charge in [-0.15, -0.1) is 0 Å². The molecule has 1 unspecified atom stereocenters. The van der Waals surface area contributed by atoms with Crippen molar-refractivity contribution in [3.63, 3.8) is 0 Å². The Morgan fingerprint density at radius 1 is 1.12 bits per heavy atom. The Morgan fingerprint density at radius 3 is 2.31 bits per heavy atom.